The molecule has 0 radical (unpaired) electrons. The molecule has 1 saturated heterocycles. The third kappa shape index (κ3) is 4.41. The molecule has 0 saturated carbocycles. The van der Waals surface area contributed by atoms with Gasteiger partial charge in [0.1, 0.15) is 0 Å². The van der Waals surface area contributed by atoms with Crippen LogP contribution in [0.4, 0.5) is 0 Å². The monoisotopic (exact) mass is 312 g/mol. The number of aryl methyl sites for hydroxylation is 2. The highest BCUT2D eigenvalue weighted by molar-refractivity contribution is 5.76. The number of carbonyl (C=O) groups is 1. The average molecular weight is 312 g/mol. The summed E-state index contributed by atoms with van der Waals surface area (Å²) in [5.74, 6) is 0.790. The van der Waals surface area contributed by atoms with Gasteiger partial charge in [0.05, 0.1) is 5.69 Å². The van der Waals surface area contributed by atoms with E-state index in [0.717, 1.165) is 31.6 Å². The molecule has 1 aliphatic rings. The number of carbonyl (C=O) groups excluding carboxylic acids is 1. The number of amides is 1. The van der Waals surface area contributed by atoms with E-state index in [0.29, 0.717) is 18.9 Å². The molecule has 5 heteroatoms. The van der Waals surface area contributed by atoms with Crippen LogP contribution < -0.4 is 0 Å². The first-order valence-corrected chi connectivity index (χ1v) is 8.37. The molecule has 1 aliphatic heterocycles. The van der Waals surface area contributed by atoms with Gasteiger partial charge < -0.3 is 4.90 Å². The maximum absolute atomic E-state index is 12.4. The van der Waals surface area contributed by atoms with E-state index in [1.807, 2.05) is 41.0 Å². The summed E-state index contributed by atoms with van der Waals surface area (Å²) >= 11 is 0. The Morgan fingerprint density at radius 2 is 2.30 bits per heavy atom. The first-order chi connectivity index (χ1) is 11.2. The first-order valence-electron chi connectivity index (χ1n) is 8.37. The van der Waals surface area contributed by atoms with Crippen molar-refractivity contribution < 1.29 is 4.79 Å². The van der Waals surface area contributed by atoms with Crippen molar-refractivity contribution in [2.75, 3.05) is 13.1 Å². The van der Waals surface area contributed by atoms with Gasteiger partial charge in [0, 0.05) is 44.6 Å². The lowest BCUT2D eigenvalue weighted by molar-refractivity contribution is -0.133. The van der Waals surface area contributed by atoms with Crippen molar-refractivity contribution in [3.8, 4) is 0 Å². The quantitative estimate of drug-likeness (QED) is 0.852. The van der Waals surface area contributed by atoms with Gasteiger partial charge >= 0.3 is 0 Å². The van der Waals surface area contributed by atoms with E-state index in [1.165, 1.54) is 12.0 Å². The summed E-state index contributed by atoms with van der Waals surface area (Å²) in [7, 11) is 0. The average Bonchev–Trinajstić information content (AvgIpc) is 2.99. The van der Waals surface area contributed by atoms with E-state index in [9.17, 15) is 4.79 Å². The molecular formula is C18H24N4O. The Morgan fingerprint density at radius 3 is 3.04 bits per heavy atom. The normalized spacial score (nSPS) is 18.1. The van der Waals surface area contributed by atoms with Crippen molar-refractivity contribution in [2.45, 2.75) is 39.2 Å². The van der Waals surface area contributed by atoms with Crippen LogP contribution in [0.5, 0.6) is 0 Å². The molecular weight excluding hydrogens is 288 g/mol. The van der Waals surface area contributed by atoms with Crippen LogP contribution >= 0.6 is 0 Å². The van der Waals surface area contributed by atoms with Crippen LogP contribution in [-0.2, 0) is 17.8 Å². The van der Waals surface area contributed by atoms with Gasteiger partial charge in [-0.15, -0.1) is 0 Å². The molecule has 3 heterocycles. The maximum Gasteiger partial charge on any atom is 0.224 e. The maximum atomic E-state index is 12.4. The van der Waals surface area contributed by atoms with E-state index in [1.54, 1.807) is 6.20 Å². The molecule has 5 nitrogen and oxygen atoms in total. The third-order valence-electron chi connectivity index (χ3n) is 4.45. The lowest BCUT2D eigenvalue weighted by atomic mass is 9.92. The zero-order chi connectivity index (χ0) is 16.1. The Labute approximate surface area is 137 Å². The Balaban J connectivity index is 1.50. The molecule has 1 amide bonds. The SMILES string of the molecule is Cc1ccn(CCC(=O)N2CCC[C@@H](Cc3cccnc3)C2)n1. The predicted octanol–water partition coefficient (Wildman–Crippen LogP) is 2.46. The van der Waals surface area contributed by atoms with E-state index < -0.39 is 0 Å². The number of hydrogen-bond donors (Lipinski definition) is 0. The number of hydrogen-bond acceptors (Lipinski definition) is 3. The van der Waals surface area contributed by atoms with Gasteiger partial charge in [-0.2, -0.15) is 5.10 Å². The standard InChI is InChI=1S/C18H24N4O/c1-15-6-10-22(20-15)11-7-18(23)21-9-3-5-17(14-21)12-16-4-2-8-19-13-16/h2,4,6,8,10,13,17H,3,5,7,9,11-12,14H2,1H3/t17-/m0/s1. The van der Waals surface area contributed by atoms with Crippen molar-refractivity contribution >= 4 is 5.91 Å². The fourth-order valence-electron chi connectivity index (χ4n) is 3.27. The van der Waals surface area contributed by atoms with Gasteiger partial charge in [0.25, 0.3) is 0 Å². The molecule has 0 N–H and O–H groups in total. The first kappa shape index (κ1) is 15.7. The minimum absolute atomic E-state index is 0.244. The third-order valence-corrected chi connectivity index (χ3v) is 4.45. The van der Waals surface area contributed by atoms with Gasteiger partial charge in [-0.25, -0.2) is 0 Å². The number of likely N-dealkylation sites (tertiary alicyclic amines) is 1. The van der Waals surface area contributed by atoms with Gasteiger partial charge in [-0.3, -0.25) is 14.5 Å². The summed E-state index contributed by atoms with van der Waals surface area (Å²) in [5, 5.41) is 4.34. The molecule has 0 spiro atoms. The second kappa shape index (κ2) is 7.40. The zero-order valence-corrected chi connectivity index (χ0v) is 13.7. The highest BCUT2D eigenvalue weighted by atomic mass is 16.2. The minimum Gasteiger partial charge on any atom is -0.342 e. The van der Waals surface area contributed by atoms with Crippen molar-refractivity contribution in [3.63, 3.8) is 0 Å². The molecule has 2 aromatic heterocycles. The molecule has 2 aromatic rings. The Hall–Kier alpha value is -2.17. The van der Waals surface area contributed by atoms with Crippen molar-refractivity contribution in [1.82, 2.24) is 19.7 Å². The minimum atomic E-state index is 0.244. The number of piperidine rings is 1. The summed E-state index contributed by atoms with van der Waals surface area (Å²) in [6, 6.07) is 6.07. The van der Waals surface area contributed by atoms with Crippen LogP contribution in [0.25, 0.3) is 0 Å². The summed E-state index contributed by atoms with van der Waals surface area (Å²) in [4.78, 5) is 18.7. The molecule has 0 unspecified atom stereocenters. The molecule has 23 heavy (non-hydrogen) atoms. The topological polar surface area (TPSA) is 51.0 Å². The smallest absolute Gasteiger partial charge is 0.224 e. The second-order valence-electron chi connectivity index (χ2n) is 6.38. The molecule has 0 aliphatic carbocycles. The number of rotatable bonds is 5. The highest BCUT2D eigenvalue weighted by Crippen LogP contribution is 2.21. The Bertz CT molecular complexity index is 637. The van der Waals surface area contributed by atoms with Crippen LogP contribution in [0, 0.1) is 12.8 Å². The van der Waals surface area contributed by atoms with Crippen molar-refractivity contribution in [3.05, 3.63) is 48.0 Å². The predicted molar refractivity (Wildman–Crippen MR) is 88.8 cm³/mol. The second-order valence-corrected chi connectivity index (χ2v) is 6.38. The molecule has 1 atom stereocenters. The summed E-state index contributed by atoms with van der Waals surface area (Å²) in [6.45, 7) is 4.38. The fourth-order valence-corrected chi connectivity index (χ4v) is 3.27. The van der Waals surface area contributed by atoms with E-state index in [-0.39, 0.29) is 5.91 Å². The summed E-state index contributed by atoms with van der Waals surface area (Å²) in [6.07, 6.45) is 9.49. The molecule has 3 rings (SSSR count). The van der Waals surface area contributed by atoms with Crippen LogP contribution in [0.3, 0.4) is 0 Å². The zero-order valence-electron chi connectivity index (χ0n) is 13.7. The molecule has 122 valence electrons. The number of nitrogens with zero attached hydrogens (tertiary/aromatic N) is 4. The lowest BCUT2D eigenvalue weighted by Gasteiger charge is -2.33. The fraction of sp³-hybridized carbons (Fsp3) is 0.500. The Morgan fingerprint density at radius 1 is 1.39 bits per heavy atom. The van der Waals surface area contributed by atoms with Crippen LogP contribution in [0.1, 0.15) is 30.5 Å². The van der Waals surface area contributed by atoms with Crippen LogP contribution in [0.15, 0.2) is 36.8 Å². The molecule has 0 aromatic carbocycles. The van der Waals surface area contributed by atoms with Crippen molar-refractivity contribution in [2.24, 2.45) is 5.92 Å². The summed E-state index contributed by atoms with van der Waals surface area (Å²) in [5.41, 5.74) is 2.26. The van der Waals surface area contributed by atoms with E-state index in [4.69, 9.17) is 0 Å². The molecule has 1 fully saturated rings. The van der Waals surface area contributed by atoms with Gasteiger partial charge in [0.15, 0.2) is 0 Å². The molecule has 0 bridgehead atoms. The van der Waals surface area contributed by atoms with E-state index >= 15 is 0 Å². The van der Waals surface area contributed by atoms with Gasteiger partial charge in [-0.05, 0) is 49.8 Å². The number of aromatic nitrogens is 3. The van der Waals surface area contributed by atoms with E-state index in [2.05, 4.69) is 16.1 Å². The van der Waals surface area contributed by atoms with Crippen LogP contribution in [-0.4, -0.2) is 38.7 Å². The van der Waals surface area contributed by atoms with Gasteiger partial charge in [0.2, 0.25) is 5.91 Å². The highest BCUT2D eigenvalue weighted by Gasteiger charge is 2.23. The lowest BCUT2D eigenvalue weighted by Crippen LogP contribution is -2.40. The number of pyridine rings is 1. The largest absolute Gasteiger partial charge is 0.342 e. The van der Waals surface area contributed by atoms with Gasteiger partial charge in [-0.1, -0.05) is 6.07 Å². The van der Waals surface area contributed by atoms with Crippen LogP contribution in [0.2, 0.25) is 0 Å². The summed E-state index contributed by atoms with van der Waals surface area (Å²) < 4.78 is 1.85. The Kier molecular flexibility index (Phi) is 5.05. The van der Waals surface area contributed by atoms with Crippen molar-refractivity contribution in [1.29, 1.82) is 0 Å².